The number of amides is 2. The van der Waals surface area contributed by atoms with Crippen LogP contribution in [0.2, 0.25) is 0 Å². The Morgan fingerprint density at radius 3 is 2.01 bits per heavy atom. The predicted octanol–water partition coefficient (Wildman–Crippen LogP) is 1.43. The first kappa shape index (κ1) is 53.7. The fourth-order valence-corrected chi connectivity index (χ4v) is 12.6. The second-order valence-corrected chi connectivity index (χ2v) is 20.2. The SMILES string of the molecule is C[C@H](CCC(=O)NCCNC(=O)C(COCc1ccccc1)N(CCN(CCN(CC(=O)O)CC(=O)O)CC(=O)O)CC(=O)O)[C@H]1CCC2C3C(C[C@H](O)[C@@]21C)[C@@]1(C)CC[C@@H](O)C[C@H]1C[C@H]3O. The van der Waals surface area contributed by atoms with Gasteiger partial charge in [-0.3, -0.25) is 43.5 Å². The van der Waals surface area contributed by atoms with E-state index in [9.17, 15) is 64.5 Å². The Morgan fingerprint density at radius 1 is 0.746 bits per heavy atom. The minimum absolute atomic E-state index is 0.0164. The number of nitrogens with zero attached hydrogens (tertiary/aromatic N) is 3. The molecule has 0 heterocycles. The van der Waals surface area contributed by atoms with Crippen LogP contribution in [0.1, 0.15) is 84.1 Å². The van der Waals surface area contributed by atoms with Crippen LogP contribution in [-0.2, 0) is 40.1 Å². The molecule has 0 aliphatic heterocycles. The van der Waals surface area contributed by atoms with Crippen molar-refractivity contribution in [2.45, 2.75) is 110 Å². The number of carbonyl (C=O) groups excluding carboxylic acids is 2. The van der Waals surface area contributed by atoms with Gasteiger partial charge in [-0.15, -0.1) is 0 Å². The van der Waals surface area contributed by atoms with Crippen molar-refractivity contribution in [3.8, 4) is 0 Å². The van der Waals surface area contributed by atoms with Crippen molar-refractivity contribution in [2.24, 2.45) is 46.3 Å². The summed E-state index contributed by atoms with van der Waals surface area (Å²) in [5, 5.41) is 77.6. The summed E-state index contributed by atoms with van der Waals surface area (Å²) in [5.74, 6) is -4.80. The maximum absolute atomic E-state index is 13.8. The van der Waals surface area contributed by atoms with E-state index in [1.807, 2.05) is 30.3 Å². The molecule has 4 unspecified atom stereocenters. The number of fused-ring (bicyclic) bond motifs is 5. The summed E-state index contributed by atoms with van der Waals surface area (Å²) in [5.41, 5.74) is 0.399. The molecule has 0 radical (unpaired) electrons. The van der Waals surface area contributed by atoms with Gasteiger partial charge in [-0.2, -0.15) is 0 Å². The molecule has 19 nitrogen and oxygen atoms in total. The molecule has 1 aromatic carbocycles. The van der Waals surface area contributed by atoms with Crippen LogP contribution in [-0.4, -0.2) is 183 Å². The third kappa shape index (κ3) is 14.2. The van der Waals surface area contributed by atoms with Gasteiger partial charge in [0.05, 0.1) is 57.7 Å². The fraction of sp³-hybridized carbons (Fsp3) is 0.750. The van der Waals surface area contributed by atoms with Gasteiger partial charge in [0.1, 0.15) is 6.04 Å². The minimum Gasteiger partial charge on any atom is -0.480 e. The zero-order chi connectivity index (χ0) is 49.1. The number of carboxylic acid groups (broad SMARTS) is 4. The van der Waals surface area contributed by atoms with Crippen LogP contribution in [0.5, 0.6) is 0 Å². The first-order valence-electron chi connectivity index (χ1n) is 24.0. The summed E-state index contributed by atoms with van der Waals surface area (Å²) in [4.78, 5) is 77.4. The fourth-order valence-electron chi connectivity index (χ4n) is 12.6. The number of carboxylic acids is 4. The van der Waals surface area contributed by atoms with Gasteiger partial charge in [0.15, 0.2) is 0 Å². The number of aliphatic carboxylic acids is 4. The molecule has 9 N–H and O–H groups in total. The van der Waals surface area contributed by atoms with E-state index >= 15 is 0 Å². The number of benzene rings is 1. The van der Waals surface area contributed by atoms with Gasteiger partial charge in [0, 0.05) is 45.7 Å². The molecule has 0 saturated heterocycles. The van der Waals surface area contributed by atoms with Gasteiger partial charge in [-0.05, 0) is 103 Å². The summed E-state index contributed by atoms with van der Waals surface area (Å²) in [6, 6.07) is 7.97. The Bertz CT molecular complexity index is 1830. The lowest BCUT2D eigenvalue weighted by Crippen LogP contribution is -2.62. The first-order chi connectivity index (χ1) is 31.7. The summed E-state index contributed by atoms with van der Waals surface area (Å²) in [7, 11) is 0. The van der Waals surface area contributed by atoms with E-state index in [1.54, 1.807) is 0 Å². The van der Waals surface area contributed by atoms with Crippen LogP contribution in [0.25, 0.3) is 0 Å². The van der Waals surface area contributed by atoms with Crippen LogP contribution < -0.4 is 10.6 Å². The third-order valence-electron chi connectivity index (χ3n) is 16.1. The van der Waals surface area contributed by atoms with Gasteiger partial charge in [-0.1, -0.05) is 51.1 Å². The zero-order valence-corrected chi connectivity index (χ0v) is 39.3. The number of hydrogen-bond donors (Lipinski definition) is 9. The molecule has 2 amide bonds. The highest BCUT2D eigenvalue weighted by molar-refractivity contribution is 5.83. The highest BCUT2D eigenvalue weighted by Gasteiger charge is 2.65. The molecule has 4 fully saturated rings. The smallest absolute Gasteiger partial charge is 0.317 e. The van der Waals surface area contributed by atoms with Crippen molar-refractivity contribution in [3.05, 3.63) is 35.9 Å². The summed E-state index contributed by atoms with van der Waals surface area (Å²) >= 11 is 0. The van der Waals surface area contributed by atoms with Crippen molar-refractivity contribution >= 4 is 35.7 Å². The minimum atomic E-state index is -1.26. The Kier molecular flexibility index (Phi) is 19.5. The zero-order valence-electron chi connectivity index (χ0n) is 39.3. The molecule has 4 aliphatic carbocycles. The second kappa shape index (κ2) is 24.4. The number of aliphatic hydroxyl groups excluding tert-OH is 3. The summed E-state index contributed by atoms with van der Waals surface area (Å²) < 4.78 is 5.91. The molecule has 0 bridgehead atoms. The molecule has 4 saturated carbocycles. The highest BCUT2D eigenvalue weighted by Crippen LogP contribution is 2.68. The maximum atomic E-state index is 13.8. The number of aliphatic hydroxyl groups is 3. The molecule has 0 spiro atoms. The van der Waals surface area contributed by atoms with E-state index in [2.05, 4.69) is 31.4 Å². The maximum Gasteiger partial charge on any atom is 0.317 e. The Balaban J connectivity index is 1.15. The molecule has 67 heavy (non-hydrogen) atoms. The van der Waals surface area contributed by atoms with Crippen molar-refractivity contribution in [1.29, 1.82) is 0 Å². The van der Waals surface area contributed by atoms with Crippen molar-refractivity contribution < 1.29 is 69.2 Å². The van der Waals surface area contributed by atoms with E-state index in [4.69, 9.17) is 4.74 Å². The molecule has 5 rings (SSSR count). The van der Waals surface area contributed by atoms with Crippen molar-refractivity contribution in [1.82, 2.24) is 25.3 Å². The van der Waals surface area contributed by atoms with E-state index in [0.717, 1.165) is 36.1 Å². The van der Waals surface area contributed by atoms with E-state index < -0.39 is 79.6 Å². The lowest BCUT2D eigenvalue weighted by molar-refractivity contribution is -0.207. The monoisotopic (exact) mass is 946 g/mol. The van der Waals surface area contributed by atoms with Crippen LogP contribution in [0.3, 0.4) is 0 Å². The molecule has 12 atom stereocenters. The quantitative estimate of drug-likeness (QED) is 0.0564. The molecule has 0 aromatic heterocycles. The molecular weight excluding hydrogens is 871 g/mol. The average molecular weight is 946 g/mol. The molecular formula is C48H75N5O14. The van der Waals surface area contributed by atoms with Gasteiger partial charge in [0.2, 0.25) is 11.8 Å². The molecule has 376 valence electrons. The van der Waals surface area contributed by atoms with Crippen LogP contribution in [0.15, 0.2) is 30.3 Å². The summed E-state index contributed by atoms with van der Waals surface area (Å²) in [6.07, 6.45) is 5.01. The second-order valence-electron chi connectivity index (χ2n) is 20.2. The van der Waals surface area contributed by atoms with Crippen LogP contribution >= 0.6 is 0 Å². The number of ether oxygens (including phenoxy) is 1. The Morgan fingerprint density at radius 2 is 1.36 bits per heavy atom. The first-order valence-corrected chi connectivity index (χ1v) is 24.0. The average Bonchev–Trinajstić information content (AvgIpc) is 3.62. The number of hydrogen-bond acceptors (Lipinski definition) is 13. The molecule has 19 heteroatoms. The Labute approximate surface area is 393 Å². The topological polar surface area (TPSA) is 287 Å². The number of rotatable bonds is 27. The standard InChI is InChI=1S/C48H75N5O14/c1-30(34-10-11-35-45-36(23-39(56)48(34,35)3)47(2)14-13-33(54)21-32(47)22-38(45)55)9-12-40(57)49-15-16-50-46(66)37(29-67-28-31-7-5-4-6-8-31)53(27-44(64)65)20-19-51(24-41(58)59)17-18-52(25-42(60)61)26-43(62)63/h4-8,30,32-39,45,54-56H,9-29H2,1-3H3,(H,49,57)(H,50,66)(H,58,59)(H,60,61)(H,62,63)(H,64,65)/t30-,32+,33-,34-,35?,36?,37?,38-,39+,45?,47+,48-/m1/s1. The lowest BCUT2D eigenvalue weighted by atomic mass is 9.43. The van der Waals surface area contributed by atoms with Gasteiger partial charge in [-0.25, -0.2) is 0 Å². The highest BCUT2D eigenvalue weighted by atomic mass is 16.5. The van der Waals surface area contributed by atoms with Crippen LogP contribution in [0.4, 0.5) is 0 Å². The van der Waals surface area contributed by atoms with Gasteiger partial charge >= 0.3 is 23.9 Å². The lowest BCUT2D eigenvalue weighted by Gasteiger charge is -2.63. The van der Waals surface area contributed by atoms with Crippen molar-refractivity contribution in [2.75, 3.05) is 72.1 Å². The summed E-state index contributed by atoms with van der Waals surface area (Å²) in [6.45, 7) is 3.95. The Hall–Kier alpha value is -4.24. The van der Waals surface area contributed by atoms with E-state index in [1.165, 1.54) is 9.80 Å². The van der Waals surface area contributed by atoms with Crippen LogP contribution in [0, 0.1) is 46.3 Å². The van der Waals surface area contributed by atoms with Gasteiger partial charge in [0.25, 0.3) is 0 Å². The van der Waals surface area contributed by atoms with E-state index in [0.29, 0.717) is 25.7 Å². The number of nitrogens with one attached hydrogen (secondary N) is 2. The van der Waals surface area contributed by atoms with E-state index in [-0.39, 0.29) is 112 Å². The third-order valence-corrected chi connectivity index (χ3v) is 16.1. The normalized spacial score (nSPS) is 29.9. The number of carbonyl (C=O) groups is 6. The predicted molar refractivity (Wildman–Crippen MR) is 243 cm³/mol. The molecule has 1 aromatic rings. The molecule has 4 aliphatic rings. The largest absolute Gasteiger partial charge is 0.480 e. The van der Waals surface area contributed by atoms with Gasteiger partial charge < -0.3 is 51.1 Å². The van der Waals surface area contributed by atoms with Crippen molar-refractivity contribution in [3.63, 3.8) is 0 Å².